The van der Waals surface area contributed by atoms with Crippen LogP contribution in [-0.4, -0.2) is 41.5 Å². The molecule has 0 spiro atoms. The third kappa shape index (κ3) is 3.76. The number of benzene rings is 2. The minimum atomic E-state index is -2.14. The summed E-state index contributed by atoms with van der Waals surface area (Å²) in [4.78, 5) is 38.2. The molecule has 2 heterocycles. The molecule has 0 aliphatic carbocycles. The number of hydrogen-bond donors (Lipinski definition) is 2. The Morgan fingerprint density at radius 3 is 2.83 bits per heavy atom. The molecule has 0 unspecified atom stereocenters. The second-order valence-electron chi connectivity index (χ2n) is 7.29. The van der Waals surface area contributed by atoms with Gasteiger partial charge in [0.1, 0.15) is 11.6 Å². The second-order valence-corrected chi connectivity index (χ2v) is 7.72. The molecule has 4 rings (SSSR count). The summed E-state index contributed by atoms with van der Waals surface area (Å²) in [6.45, 7) is 0.0228. The highest BCUT2D eigenvalue weighted by Crippen LogP contribution is 2.36. The molecule has 0 saturated carbocycles. The van der Waals surface area contributed by atoms with E-state index in [9.17, 15) is 23.9 Å². The fourth-order valence-corrected chi connectivity index (χ4v) is 3.91. The summed E-state index contributed by atoms with van der Waals surface area (Å²) in [5.41, 5.74) is -0.687. The lowest BCUT2D eigenvalue weighted by molar-refractivity contribution is -0.147. The van der Waals surface area contributed by atoms with E-state index >= 15 is 0 Å². The van der Waals surface area contributed by atoms with Crippen molar-refractivity contribution in [3.8, 4) is 5.75 Å². The maximum Gasteiger partial charge on any atom is 0.266 e. The van der Waals surface area contributed by atoms with Gasteiger partial charge in [-0.25, -0.2) is 4.39 Å². The number of carbonyl (C=O) groups excluding carboxylic acids is 3. The van der Waals surface area contributed by atoms with Crippen LogP contribution in [0.4, 0.5) is 15.8 Å². The summed E-state index contributed by atoms with van der Waals surface area (Å²) in [5.74, 6) is -1.73. The lowest BCUT2D eigenvalue weighted by atomic mass is 9.92. The second kappa shape index (κ2) is 7.70. The Hall–Kier alpha value is -2.97. The highest BCUT2D eigenvalue weighted by Gasteiger charge is 2.50. The Labute approximate surface area is 176 Å². The van der Waals surface area contributed by atoms with Gasteiger partial charge in [0.05, 0.1) is 5.69 Å². The number of aryl methyl sites for hydroxylation is 1. The van der Waals surface area contributed by atoms with Crippen molar-refractivity contribution in [1.82, 2.24) is 0 Å². The Morgan fingerprint density at radius 2 is 2.07 bits per heavy atom. The van der Waals surface area contributed by atoms with Crippen molar-refractivity contribution in [1.29, 1.82) is 0 Å². The van der Waals surface area contributed by atoms with E-state index in [1.807, 2.05) is 0 Å². The first-order chi connectivity index (χ1) is 14.3. The van der Waals surface area contributed by atoms with Gasteiger partial charge in [0, 0.05) is 36.2 Å². The van der Waals surface area contributed by atoms with Gasteiger partial charge in [-0.15, -0.1) is 0 Å². The van der Waals surface area contributed by atoms with Gasteiger partial charge in [-0.1, -0.05) is 11.6 Å². The van der Waals surface area contributed by atoms with Gasteiger partial charge >= 0.3 is 0 Å². The van der Waals surface area contributed by atoms with E-state index in [2.05, 4.69) is 5.32 Å². The molecule has 1 saturated heterocycles. The number of fused-ring (bicyclic) bond motifs is 1. The predicted octanol–water partition coefficient (Wildman–Crippen LogP) is 2.48. The molecule has 0 bridgehead atoms. The van der Waals surface area contributed by atoms with Crippen LogP contribution in [0.5, 0.6) is 5.75 Å². The molecule has 156 valence electrons. The van der Waals surface area contributed by atoms with E-state index in [0.717, 1.165) is 6.07 Å². The van der Waals surface area contributed by atoms with Crippen molar-refractivity contribution in [2.24, 2.45) is 0 Å². The maximum absolute atomic E-state index is 13.5. The number of aliphatic hydroxyl groups is 1. The highest BCUT2D eigenvalue weighted by atomic mass is 35.5. The fraction of sp³-hybridized carbons (Fsp3) is 0.286. The van der Waals surface area contributed by atoms with Gasteiger partial charge in [-0.05, 0) is 42.3 Å². The minimum absolute atomic E-state index is 0.0523. The summed E-state index contributed by atoms with van der Waals surface area (Å²) in [6, 6.07) is 8.75. The van der Waals surface area contributed by atoms with Crippen LogP contribution in [0.25, 0.3) is 0 Å². The molecule has 2 aliphatic heterocycles. The van der Waals surface area contributed by atoms with E-state index in [4.69, 9.17) is 16.3 Å². The Kier molecular flexibility index (Phi) is 5.21. The third-order valence-electron chi connectivity index (χ3n) is 5.23. The Bertz CT molecular complexity index is 1040. The molecule has 1 fully saturated rings. The minimum Gasteiger partial charge on any atom is -0.482 e. The molecular formula is C21H18ClFN2O5. The highest BCUT2D eigenvalue weighted by molar-refractivity contribution is 6.30. The SMILES string of the molecule is O=C1COc2cc(N3CC[C@](O)(C(=O)CCc4cc(F)cc(Cl)c4)C3=O)ccc2N1. The number of halogens is 2. The fourth-order valence-electron chi connectivity index (χ4n) is 3.66. The first kappa shape index (κ1) is 20.3. The van der Waals surface area contributed by atoms with Crippen LogP contribution in [0.2, 0.25) is 5.02 Å². The third-order valence-corrected chi connectivity index (χ3v) is 5.45. The number of nitrogens with one attached hydrogen (secondary N) is 1. The van der Waals surface area contributed by atoms with E-state index < -0.39 is 23.1 Å². The van der Waals surface area contributed by atoms with Crippen LogP contribution in [0, 0.1) is 5.82 Å². The average molecular weight is 433 g/mol. The summed E-state index contributed by atoms with van der Waals surface area (Å²) in [5, 5.41) is 13.7. The molecule has 2 aliphatic rings. The monoisotopic (exact) mass is 432 g/mol. The molecular weight excluding hydrogens is 415 g/mol. The Balaban J connectivity index is 1.47. The molecule has 0 radical (unpaired) electrons. The number of nitrogens with zero attached hydrogens (tertiary/aromatic N) is 1. The number of ketones is 1. The van der Waals surface area contributed by atoms with Crippen molar-refractivity contribution >= 4 is 40.6 Å². The molecule has 9 heteroatoms. The standard InChI is InChI=1S/C21H18ClFN2O5/c22-13-7-12(8-14(23)9-13)1-4-18(26)21(29)5-6-25(20(21)28)15-2-3-16-17(10-15)30-11-19(27)24-16/h2-3,7-10,29H,1,4-6,11H2,(H,24,27)/t21-/m0/s1. The number of amides is 2. The number of ether oxygens (including phenoxy) is 1. The average Bonchev–Trinajstić information content (AvgIpc) is 3.01. The maximum atomic E-state index is 13.5. The van der Waals surface area contributed by atoms with Gasteiger partial charge in [-0.3, -0.25) is 14.4 Å². The van der Waals surface area contributed by atoms with Gasteiger partial charge in [0.15, 0.2) is 12.4 Å². The summed E-state index contributed by atoms with van der Waals surface area (Å²) in [6.07, 6.45) is -0.0310. The first-order valence-corrected chi connectivity index (χ1v) is 9.73. The lowest BCUT2D eigenvalue weighted by Gasteiger charge is -2.23. The van der Waals surface area contributed by atoms with Gasteiger partial charge in [0.25, 0.3) is 11.8 Å². The zero-order valence-electron chi connectivity index (χ0n) is 15.8. The molecule has 2 aromatic rings. The van der Waals surface area contributed by atoms with E-state index in [-0.39, 0.29) is 43.3 Å². The van der Waals surface area contributed by atoms with Crippen LogP contribution in [0.15, 0.2) is 36.4 Å². The molecule has 2 aromatic carbocycles. The van der Waals surface area contributed by atoms with Crippen molar-refractivity contribution in [3.05, 3.63) is 52.8 Å². The summed E-state index contributed by atoms with van der Waals surface area (Å²) >= 11 is 5.82. The zero-order valence-corrected chi connectivity index (χ0v) is 16.5. The van der Waals surface area contributed by atoms with E-state index in [1.165, 1.54) is 17.0 Å². The molecule has 0 aromatic heterocycles. The largest absolute Gasteiger partial charge is 0.482 e. The van der Waals surface area contributed by atoms with Crippen LogP contribution in [-0.2, 0) is 20.8 Å². The lowest BCUT2D eigenvalue weighted by Crippen LogP contribution is -2.47. The normalized spacial score (nSPS) is 20.6. The van der Waals surface area contributed by atoms with Gasteiger partial charge < -0.3 is 20.1 Å². The number of carbonyl (C=O) groups is 3. The van der Waals surface area contributed by atoms with Crippen LogP contribution in [0.1, 0.15) is 18.4 Å². The molecule has 2 amide bonds. The number of Topliss-reactive ketones (excluding diaryl/α,β-unsaturated/α-hetero) is 1. The number of anilines is 2. The van der Waals surface area contributed by atoms with E-state index in [0.29, 0.717) is 22.7 Å². The van der Waals surface area contributed by atoms with Crippen molar-refractivity contribution < 1.29 is 28.6 Å². The first-order valence-electron chi connectivity index (χ1n) is 9.35. The zero-order chi connectivity index (χ0) is 21.5. The number of rotatable bonds is 5. The topological polar surface area (TPSA) is 95.9 Å². The summed E-state index contributed by atoms with van der Waals surface area (Å²) < 4.78 is 18.8. The molecule has 2 N–H and O–H groups in total. The predicted molar refractivity (Wildman–Crippen MR) is 107 cm³/mol. The Morgan fingerprint density at radius 1 is 1.27 bits per heavy atom. The summed E-state index contributed by atoms with van der Waals surface area (Å²) in [7, 11) is 0. The van der Waals surface area contributed by atoms with Crippen LogP contribution in [0.3, 0.4) is 0 Å². The van der Waals surface area contributed by atoms with Gasteiger partial charge in [0.2, 0.25) is 5.60 Å². The van der Waals surface area contributed by atoms with E-state index in [1.54, 1.807) is 18.2 Å². The van der Waals surface area contributed by atoms with Crippen LogP contribution >= 0.6 is 11.6 Å². The van der Waals surface area contributed by atoms with Crippen molar-refractivity contribution in [3.63, 3.8) is 0 Å². The van der Waals surface area contributed by atoms with Crippen LogP contribution < -0.4 is 15.0 Å². The number of hydrogen-bond acceptors (Lipinski definition) is 5. The quantitative estimate of drug-likeness (QED) is 0.708. The molecule has 7 nitrogen and oxygen atoms in total. The smallest absolute Gasteiger partial charge is 0.266 e. The molecule has 1 atom stereocenters. The van der Waals surface area contributed by atoms with Gasteiger partial charge in [-0.2, -0.15) is 0 Å². The van der Waals surface area contributed by atoms with Crippen molar-refractivity contribution in [2.45, 2.75) is 24.9 Å². The molecule has 30 heavy (non-hydrogen) atoms. The van der Waals surface area contributed by atoms with Crippen molar-refractivity contribution in [2.75, 3.05) is 23.4 Å².